The summed E-state index contributed by atoms with van der Waals surface area (Å²) in [4.78, 5) is 20.5. The highest BCUT2D eigenvalue weighted by Gasteiger charge is 2.13. The summed E-state index contributed by atoms with van der Waals surface area (Å²) in [7, 11) is 0. The van der Waals surface area contributed by atoms with Gasteiger partial charge in [0.15, 0.2) is 5.82 Å². The molecule has 0 aliphatic rings. The first-order valence-corrected chi connectivity index (χ1v) is 9.01. The molecule has 0 radical (unpaired) electrons. The molecule has 0 aliphatic carbocycles. The zero-order valence-corrected chi connectivity index (χ0v) is 15.7. The van der Waals surface area contributed by atoms with Gasteiger partial charge in [-0.1, -0.05) is 48.5 Å². The molecule has 4 N–H and O–H groups in total. The quantitative estimate of drug-likeness (QED) is 0.448. The van der Waals surface area contributed by atoms with Gasteiger partial charge in [0.1, 0.15) is 17.8 Å². The molecule has 1 amide bonds. The van der Waals surface area contributed by atoms with E-state index in [1.54, 1.807) is 12.1 Å². The Morgan fingerprint density at radius 2 is 1.72 bits per heavy atom. The van der Waals surface area contributed by atoms with Crippen LogP contribution in [0, 0.1) is 6.92 Å². The van der Waals surface area contributed by atoms with E-state index in [1.165, 1.54) is 6.33 Å². The van der Waals surface area contributed by atoms with Crippen molar-refractivity contribution in [1.29, 1.82) is 0 Å². The van der Waals surface area contributed by atoms with Gasteiger partial charge in [-0.05, 0) is 41.5 Å². The maximum Gasteiger partial charge on any atom is 0.269 e. The number of fused-ring (bicyclic) bond motifs is 1. The molecule has 7 heteroatoms. The molecule has 4 aromatic rings. The van der Waals surface area contributed by atoms with Crippen LogP contribution >= 0.6 is 0 Å². The minimum Gasteiger partial charge on any atom is -0.437 e. The van der Waals surface area contributed by atoms with E-state index in [0.717, 1.165) is 16.3 Å². The van der Waals surface area contributed by atoms with Crippen molar-refractivity contribution in [2.45, 2.75) is 6.92 Å². The Morgan fingerprint density at radius 1 is 0.966 bits per heavy atom. The van der Waals surface area contributed by atoms with Gasteiger partial charge in [0.25, 0.3) is 5.91 Å². The number of aryl methyl sites for hydroxylation is 1. The van der Waals surface area contributed by atoms with Crippen molar-refractivity contribution in [2.24, 2.45) is 0 Å². The Bertz CT molecular complexity index is 1190. The fourth-order valence-corrected chi connectivity index (χ4v) is 2.91. The number of anilines is 2. The summed E-state index contributed by atoms with van der Waals surface area (Å²) in [5.41, 5.74) is 13.1. The summed E-state index contributed by atoms with van der Waals surface area (Å²) in [5, 5.41) is 2.15. The van der Waals surface area contributed by atoms with Crippen molar-refractivity contribution in [2.75, 3.05) is 11.2 Å². The summed E-state index contributed by atoms with van der Waals surface area (Å²) >= 11 is 0. The molecule has 3 aromatic carbocycles. The van der Waals surface area contributed by atoms with E-state index in [4.69, 9.17) is 10.5 Å². The topological polar surface area (TPSA) is 102 Å². The van der Waals surface area contributed by atoms with E-state index in [-0.39, 0.29) is 23.3 Å². The van der Waals surface area contributed by atoms with Crippen LogP contribution < -0.4 is 21.3 Å². The van der Waals surface area contributed by atoms with Gasteiger partial charge in [-0.2, -0.15) is 4.98 Å². The molecule has 1 heterocycles. The third-order valence-corrected chi connectivity index (χ3v) is 4.47. The first kappa shape index (κ1) is 18.2. The fourth-order valence-electron chi connectivity index (χ4n) is 2.91. The van der Waals surface area contributed by atoms with E-state index >= 15 is 0 Å². The number of hydrogen-bond acceptors (Lipinski definition) is 6. The van der Waals surface area contributed by atoms with Crippen LogP contribution in [0.2, 0.25) is 0 Å². The minimum absolute atomic E-state index is 0.186. The number of carbonyl (C=O) groups is 1. The van der Waals surface area contributed by atoms with Gasteiger partial charge >= 0.3 is 0 Å². The second kappa shape index (κ2) is 7.85. The van der Waals surface area contributed by atoms with Crippen LogP contribution in [0.1, 0.15) is 15.9 Å². The van der Waals surface area contributed by atoms with Gasteiger partial charge in [-0.3, -0.25) is 15.6 Å². The molecular weight excluding hydrogens is 366 g/mol. The SMILES string of the molecule is Cc1ccccc1C(=O)NNc1ncnc(Oc2ccc3ccccc3c2)c1N. The van der Waals surface area contributed by atoms with E-state index in [9.17, 15) is 4.79 Å². The molecule has 0 fully saturated rings. The molecule has 0 saturated heterocycles. The van der Waals surface area contributed by atoms with E-state index < -0.39 is 0 Å². The van der Waals surface area contributed by atoms with Crippen molar-refractivity contribution in [3.8, 4) is 11.6 Å². The lowest BCUT2D eigenvalue weighted by Gasteiger charge is -2.13. The molecule has 0 saturated carbocycles. The molecule has 0 unspecified atom stereocenters. The smallest absolute Gasteiger partial charge is 0.269 e. The monoisotopic (exact) mass is 385 g/mol. The van der Waals surface area contributed by atoms with Crippen LogP contribution in [0.5, 0.6) is 11.6 Å². The van der Waals surface area contributed by atoms with Crippen LogP contribution in [-0.4, -0.2) is 15.9 Å². The number of nitrogens with zero attached hydrogens (tertiary/aromatic N) is 2. The molecule has 1 aromatic heterocycles. The van der Waals surface area contributed by atoms with Gasteiger partial charge in [0.2, 0.25) is 5.88 Å². The van der Waals surface area contributed by atoms with Crippen LogP contribution in [0.25, 0.3) is 10.8 Å². The predicted molar refractivity (Wildman–Crippen MR) is 113 cm³/mol. The summed E-state index contributed by atoms with van der Waals surface area (Å²) in [6, 6.07) is 21.0. The number of nitrogens with one attached hydrogen (secondary N) is 2. The number of nitrogen functional groups attached to an aromatic ring is 1. The second-order valence-corrected chi connectivity index (χ2v) is 6.45. The van der Waals surface area contributed by atoms with Gasteiger partial charge < -0.3 is 10.5 Å². The van der Waals surface area contributed by atoms with Crippen LogP contribution in [0.3, 0.4) is 0 Å². The molecule has 0 aliphatic heterocycles. The summed E-state index contributed by atoms with van der Waals surface area (Å²) in [6.45, 7) is 1.86. The standard InChI is InChI=1S/C22H19N5O2/c1-14-6-2-5-9-18(14)21(28)27-26-20-19(23)22(25-13-24-20)29-17-11-10-15-7-3-4-8-16(15)12-17/h2-13H,23H2,1H3,(H,27,28)(H,24,25,26). The van der Waals surface area contributed by atoms with Gasteiger partial charge in [-0.25, -0.2) is 4.98 Å². The second-order valence-electron chi connectivity index (χ2n) is 6.45. The first-order valence-electron chi connectivity index (χ1n) is 9.01. The largest absolute Gasteiger partial charge is 0.437 e. The number of hydrogen-bond donors (Lipinski definition) is 3. The third-order valence-electron chi connectivity index (χ3n) is 4.47. The molecule has 0 spiro atoms. The molecule has 7 nitrogen and oxygen atoms in total. The van der Waals surface area contributed by atoms with E-state index in [1.807, 2.05) is 61.5 Å². The zero-order valence-electron chi connectivity index (χ0n) is 15.7. The number of ether oxygens (including phenoxy) is 1. The molecule has 29 heavy (non-hydrogen) atoms. The Morgan fingerprint density at radius 3 is 2.55 bits per heavy atom. The van der Waals surface area contributed by atoms with Gasteiger partial charge in [-0.15, -0.1) is 0 Å². The number of amides is 1. The number of rotatable bonds is 5. The predicted octanol–water partition coefficient (Wildman–Crippen LogP) is 4.07. The van der Waals surface area contributed by atoms with Crippen molar-refractivity contribution in [1.82, 2.24) is 15.4 Å². The summed E-state index contributed by atoms with van der Waals surface area (Å²) in [6.07, 6.45) is 1.31. The highest BCUT2D eigenvalue weighted by Crippen LogP contribution is 2.30. The van der Waals surface area contributed by atoms with E-state index in [2.05, 4.69) is 20.8 Å². The van der Waals surface area contributed by atoms with Crippen LogP contribution in [-0.2, 0) is 0 Å². The zero-order chi connectivity index (χ0) is 20.2. The van der Waals surface area contributed by atoms with Crippen molar-refractivity contribution in [3.63, 3.8) is 0 Å². The maximum atomic E-state index is 12.4. The third kappa shape index (κ3) is 3.93. The summed E-state index contributed by atoms with van der Waals surface area (Å²) < 4.78 is 5.84. The maximum absolute atomic E-state index is 12.4. The van der Waals surface area contributed by atoms with E-state index in [0.29, 0.717) is 11.3 Å². The van der Waals surface area contributed by atoms with Crippen molar-refractivity contribution >= 4 is 28.2 Å². The number of benzene rings is 3. The molecular formula is C22H19N5O2. The first-order chi connectivity index (χ1) is 14.1. The Labute approximate surface area is 167 Å². The summed E-state index contributed by atoms with van der Waals surface area (Å²) in [5.74, 6) is 0.753. The molecule has 144 valence electrons. The number of aromatic nitrogens is 2. The van der Waals surface area contributed by atoms with Gasteiger partial charge in [0, 0.05) is 5.56 Å². The van der Waals surface area contributed by atoms with Crippen LogP contribution in [0.15, 0.2) is 73.1 Å². The number of carbonyl (C=O) groups excluding carboxylic acids is 1. The average Bonchev–Trinajstić information content (AvgIpc) is 2.74. The fraction of sp³-hybridized carbons (Fsp3) is 0.0455. The number of nitrogens with two attached hydrogens (primary N) is 1. The Kier molecular flexibility index (Phi) is 4.94. The molecule has 0 bridgehead atoms. The normalized spacial score (nSPS) is 10.5. The molecule has 0 atom stereocenters. The van der Waals surface area contributed by atoms with Crippen LogP contribution in [0.4, 0.5) is 11.5 Å². The van der Waals surface area contributed by atoms with Gasteiger partial charge in [0.05, 0.1) is 0 Å². The lowest BCUT2D eigenvalue weighted by molar-refractivity contribution is 0.0962. The lowest BCUT2D eigenvalue weighted by Crippen LogP contribution is -2.30. The average molecular weight is 385 g/mol. The highest BCUT2D eigenvalue weighted by molar-refractivity contribution is 5.96. The Balaban J connectivity index is 1.51. The van der Waals surface area contributed by atoms with Crippen molar-refractivity contribution < 1.29 is 9.53 Å². The molecule has 4 rings (SSSR count). The number of hydrazine groups is 1. The minimum atomic E-state index is -0.293. The lowest BCUT2D eigenvalue weighted by atomic mass is 10.1. The van der Waals surface area contributed by atoms with Crippen molar-refractivity contribution in [3.05, 3.63) is 84.2 Å². The Hall–Kier alpha value is -4.13. The highest BCUT2D eigenvalue weighted by atomic mass is 16.5.